The van der Waals surface area contributed by atoms with Crippen LogP contribution in [-0.2, 0) is 6.54 Å². The van der Waals surface area contributed by atoms with E-state index in [4.69, 9.17) is 5.73 Å². The third kappa shape index (κ3) is 3.76. The molecule has 0 atom stereocenters. The van der Waals surface area contributed by atoms with Gasteiger partial charge in [0.05, 0.1) is 6.67 Å². The van der Waals surface area contributed by atoms with Gasteiger partial charge in [-0.3, -0.25) is 0 Å². The van der Waals surface area contributed by atoms with E-state index in [2.05, 4.69) is 55.1 Å². The summed E-state index contributed by atoms with van der Waals surface area (Å²) in [7, 11) is 0. The zero-order valence-corrected chi connectivity index (χ0v) is 13.0. The Hall–Kier alpha value is -1.48. The first-order valence-corrected chi connectivity index (χ1v) is 7.53. The molecular formula is C17H27N3. The minimum Gasteiger partial charge on any atom is -0.359 e. The van der Waals surface area contributed by atoms with Crippen LogP contribution in [-0.4, -0.2) is 29.6 Å². The van der Waals surface area contributed by atoms with E-state index >= 15 is 0 Å². The third-order valence-corrected chi connectivity index (χ3v) is 3.95. The van der Waals surface area contributed by atoms with Gasteiger partial charge in [-0.05, 0) is 56.8 Å². The van der Waals surface area contributed by atoms with E-state index in [1.807, 2.05) is 0 Å². The lowest BCUT2D eigenvalue weighted by Gasteiger charge is -2.23. The van der Waals surface area contributed by atoms with Crippen LogP contribution in [0.3, 0.4) is 0 Å². The molecular weight excluding hydrogens is 246 g/mol. The topological polar surface area (TPSA) is 32.5 Å². The molecule has 0 bridgehead atoms. The van der Waals surface area contributed by atoms with Crippen LogP contribution in [0.5, 0.6) is 0 Å². The van der Waals surface area contributed by atoms with Crippen molar-refractivity contribution in [3.8, 4) is 0 Å². The molecule has 2 N–H and O–H groups in total. The van der Waals surface area contributed by atoms with E-state index in [-0.39, 0.29) is 0 Å². The average molecular weight is 273 g/mol. The summed E-state index contributed by atoms with van der Waals surface area (Å²) >= 11 is 0. The zero-order chi connectivity index (χ0) is 14.5. The van der Waals surface area contributed by atoms with Crippen LogP contribution in [0.1, 0.15) is 35.1 Å². The first-order chi connectivity index (χ1) is 9.60. The van der Waals surface area contributed by atoms with Gasteiger partial charge < -0.3 is 15.5 Å². The fourth-order valence-corrected chi connectivity index (χ4v) is 2.89. The van der Waals surface area contributed by atoms with Crippen molar-refractivity contribution >= 4 is 0 Å². The van der Waals surface area contributed by atoms with Crippen molar-refractivity contribution in [2.45, 2.75) is 40.2 Å². The second-order valence-electron chi connectivity index (χ2n) is 5.87. The highest BCUT2D eigenvalue weighted by atomic mass is 15.3. The number of nitrogens with two attached hydrogens (primary N) is 1. The maximum Gasteiger partial charge on any atom is 0.0897 e. The van der Waals surface area contributed by atoms with Gasteiger partial charge in [0.25, 0.3) is 0 Å². The Bertz CT molecular complexity index is 456. The number of benzene rings is 1. The van der Waals surface area contributed by atoms with Crippen molar-refractivity contribution in [2.24, 2.45) is 5.73 Å². The molecule has 1 aromatic carbocycles. The number of hydrogen-bond acceptors (Lipinski definition) is 3. The number of nitrogens with zero attached hydrogens (tertiary/aromatic N) is 2. The van der Waals surface area contributed by atoms with Crippen molar-refractivity contribution in [2.75, 3.05) is 19.8 Å². The molecule has 0 aromatic heterocycles. The van der Waals surface area contributed by atoms with Crippen molar-refractivity contribution in [3.05, 3.63) is 46.8 Å². The van der Waals surface area contributed by atoms with Crippen LogP contribution in [0.2, 0.25) is 0 Å². The lowest BCUT2D eigenvalue weighted by Crippen LogP contribution is -2.26. The van der Waals surface area contributed by atoms with Gasteiger partial charge in [0.2, 0.25) is 0 Å². The summed E-state index contributed by atoms with van der Waals surface area (Å²) in [6.45, 7) is 10.5. The summed E-state index contributed by atoms with van der Waals surface area (Å²) in [5.74, 6) is 0. The molecule has 1 aromatic rings. The molecule has 0 saturated carbocycles. The van der Waals surface area contributed by atoms with Crippen LogP contribution >= 0.6 is 0 Å². The van der Waals surface area contributed by atoms with Crippen molar-refractivity contribution in [3.63, 3.8) is 0 Å². The minimum absolute atomic E-state index is 0.795. The van der Waals surface area contributed by atoms with E-state index in [0.29, 0.717) is 0 Å². The van der Waals surface area contributed by atoms with Gasteiger partial charge in [0, 0.05) is 25.5 Å². The van der Waals surface area contributed by atoms with Crippen LogP contribution in [0.25, 0.3) is 0 Å². The molecule has 110 valence electrons. The summed E-state index contributed by atoms with van der Waals surface area (Å²) in [5.41, 5.74) is 11.2. The molecule has 2 rings (SSSR count). The number of unbranched alkanes of at least 4 members (excludes halogenated alkanes) is 1. The largest absolute Gasteiger partial charge is 0.359 e. The Morgan fingerprint density at radius 3 is 2.30 bits per heavy atom. The smallest absolute Gasteiger partial charge is 0.0897 e. The molecule has 3 nitrogen and oxygen atoms in total. The Morgan fingerprint density at radius 2 is 1.65 bits per heavy atom. The summed E-state index contributed by atoms with van der Waals surface area (Å²) in [4.78, 5) is 4.75. The normalized spacial score (nSPS) is 14.4. The van der Waals surface area contributed by atoms with Crippen molar-refractivity contribution < 1.29 is 0 Å². The number of hydrogen-bond donors (Lipinski definition) is 1. The molecule has 0 spiro atoms. The monoisotopic (exact) mass is 273 g/mol. The Labute approximate surface area is 123 Å². The Balaban J connectivity index is 1.91. The lowest BCUT2D eigenvalue weighted by atomic mass is 9.99. The summed E-state index contributed by atoms with van der Waals surface area (Å²) in [6, 6.07) is 4.56. The Morgan fingerprint density at radius 1 is 1.00 bits per heavy atom. The molecule has 0 aliphatic carbocycles. The number of rotatable bonds is 6. The predicted molar refractivity (Wildman–Crippen MR) is 85.2 cm³/mol. The predicted octanol–water partition coefficient (Wildman–Crippen LogP) is 2.90. The maximum absolute atomic E-state index is 5.54. The highest BCUT2D eigenvalue weighted by Crippen LogP contribution is 2.20. The van der Waals surface area contributed by atoms with Crippen LogP contribution in [0, 0.1) is 20.8 Å². The third-order valence-electron chi connectivity index (χ3n) is 3.95. The molecule has 20 heavy (non-hydrogen) atoms. The standard InChI is InChI=1S/C17H27N3/c1-14-10-15(2)17(16(3)11-14)12-20-9-8-19(13-20)7-5-4-6-18/h8-11H,4-7,12-13,18H2,1-3H3. The van der Waals surface area contributed by atoms with Gasteiger partial charge in [0.1, 0.15) is 0 Å². The van der Waals surface area contributed by atoms with Crippen molar-refractivity contribution in [1.82, 2.24) is 9.80 Å². The molecule has 0 unspecified atom stereocenters. The molecule has 1 aliphatic rings. The van der Waals surface area contributed by atoms with Crippen LogP contribution < -0.4 is 5.73 Å². The van der Waals surface area contributed by atoms with E-state index in [0.717, 1.165) is 32.7 Å². The van der Waals surface area contributed by atoms with Gasteiger partial charge in [-0.1, -0.05) is 17.7 Å². The van der Waals surface area contributed by atoms with Gasteiger partial charge in [-0.25, -0.2) is 0 Å². The minimum atomic E-state index is 0.795. The summed E-state index contributed by atoms with van der Waals surface area (Å²) < 4.78 is 0. The maximum atomic E-state index is 5.54. The van der Waals surface area contributed by atoms with Gasteiger partial charge in [-0.2, -0.15) is 0 Å². The molecule has 0 saturated heterocycles. The Kier molecular flexibility index (Phi) is 5.07. The quantitative estimate of drug-likeness (QED) is 0.809. The highest BCUT2D eigenvalue weighted by Gasteiger charge is 2.14. The molecule has 1 heterocycles. The zero-order valence-electron chi connectivity index (χ0n) is 13.0. The average Bonchev–Trinajstić information content (AvgIpc) is 2.82. The SMILES string of the molecule is Cc1cc(C)c(CN2C=CN(CCCCN)C2)c(C)c1. The van der Waals surface area contributed by atoms with Crippen molar-refractivity contribution in [1.29, 1.82) is 0 Å². The van der Waals surface area contributed by atoms with E-state index in [9.17, 15) is 0 Å². The molecule has 0 fully saturated rings. The summed E-state index contributed by atoms with van der Waals surface area (Å²) in [6.07, 6.45) is 6.70. The first kappa shape index (κ1) is 14.9. The van der Waals surface area contributed by atoms with E-state index in [1.165, 1.54) is 28.7 Å². The second-order valence-corrected chi connectivity index (χ2v) is 5.87. The van der Waals surface area contributed by atoms with Gasteiger partial charge in [0.15, 0.2) is 0 Å². The molecule has 0 amide bonds. The molecule has 3 heteroatoms. The fourth-order valence-electron chi connectivity index (χ4n) is 2.89. The fraction of sp³-hybridized carbons (Fsp3) is 0.529. The molecule has 0 radical (unpaired) electrons. The van der Waals surface area contributed by atoms with Gasteiger partial charge >= 0.3 is 0 Å². The van der Waals surface area contributed by atoms with E-state index in [1.54, 1.807) is 0 Å². The van der Waals surface area contributed by atoms with E-state index < -0.39 is 0 Å². The highest BCUT2D eigenvalue weighted by molar-refractivity contribution is 5.37. The van der Waals surface area contributed by atoms with Gasteiger partial charge in [-0.15, -0.1) is 0 Å². The van der Waals surface area contributed by atoms with Crippen LogP contribution in [0.4, 0.5) is 0 Å². The second kappa shape index (κ2) is 6.80. The lowest BCUT2D eigenvalue weighted by molar-refractivity contribution is 0.256. The number of aryl methyl sites for hydroxylation is 3. The summed E-state index contributed by atoms with van der Waals surface area (Å²) in [5, 5.41) is 0. The van der Waals surface area contributed by atoms with Crippen LogP contribution in [0.15, 0.2) is 24.5 Å². The first-order valence-electron chi connectivity index (χ1n) is 7.53. The molecule has 1 aliphatic heterocycles.